The van der Waals surface area contributed by atoms with E-state index in [4.69, 9.17) is 10.5 Å². The van der Waals surface area contributed by atoms with E-state index in [0.717, 1.165) is 19.2 Å². The number of hydrogen-bond donors (Lipinski definition) is 1. The highest BCUT2D eigenvalue weighted by Gasteiger charge is 2.21. The van der Waals surface area contributed by atoms with Crippen LogP contribution in [0, 0.1) is 0 Å². The fourth-order valence-electron chi connectivity index (χ4n) is 1.77. The van der Waals surface area contributed by atoms with Crippen molar-refractivity contribution in [1.29, 1.82) is 0 Å². The Hall–Kier alpha value is 0.230. The van der Waals surface area contributed by atoms with Gasteiger partial charge in [-0.3, -0.25) is 4.90 Å². The molecule has 1 saturated heterocycles. The molecule has 14 heavy (non-hydrogen) atoms. The van der Waals surface area contributed by atoms with Crippen LogP contribution in [0.3, 0.4) is 0 Å². The molecule has 1 heterocycles. The van der Waals surface area contributed by atoms with Gasteiger partial charge in [0.15, 0.2) is 0 Å². The zero-order valence-electron chi connectivity index (χ0n) is 9.24. The summed E-state index contributed by atoms with van der Waals surface area (Å²) in [6.07, 6.45) is 1.51. The van der Waals surface area contributed by atoms with Gasteiger partial charge in [-0.2, -0.15) is 11.8 Å². The Morgan fingerprint density at radius 2 is 2.43 bits per heavy atom. The van der Waals surface area contributed by atoms with E-state index in [1.54, 1.807) is 0 Å². The molecule has 3 nitrogen and oxygen atoms in total. The molecular weight excluding hydrogens is 196 g/mol. The number of ether oxygens (including phenoxy) is 1. The molecule has 1 aliphatic heterocycles. The van der Waals surface area contributed by atoms with Crippen molar-refractivity contribution in [3.63, 3.8) is 0 Å². The Labute approximate surface area is 91.4 Å². The van der Waals surface area contributed by atoms with Crippen molar-refractivity contribution in [3.05, 3.63) is 0 Å². The minimum absolute atomic E-state index is 0.204. The number of rotatable bonds is 6. The van der Waals surface area contributed by atoms with Crippen LogP contribution >= 0.6 is 11.8 Å². The number of nitrogens with two attached hydrogens (primary N) is 1. The maximum atomic E-state index is 5.65. The first-order valence-corrected chi connectivity index (χ1v) is 6.53. The second kappa shape index (κ2) is 6.67. The molecule has 0 aromatic rings. The smallest absolute Gasteiger partial charge is 0.0823 e. The summed E-state index contributed by atoms with van der Waals surface area (Å²) in [6.45, 7) is 4.37. The van der Waals surface area contributed by atoms with E-state index in [9.17, 15) is 0 Å². The van der Waals surface area contributed by atoms with Crippen LogP contribution < -0.4 is 5.73 Å². The van der Waals surface area contributed by atoms with E-state index in [0.29, 0.717) is 6.54 Å². The highest BCUT2D eigenvalue weighted by molar-refractivity contribution is 7.99. The van der Waals surface area contributed by atoms with Crippen molar-refractivity contribution < 1.29 is 4.74 Å². The number of thioether (sulfide) groups is 1. The van der Waals surface area contributed by atoms with E-state index in [-0.39, 0.29) is 6.10 Å². The lowest BCUT2D eigenvalue weighted by atomic mass is 10.2. The van der Waals surface area contributed by atoms with Crippen LogP contribution in [0.15, 0.2) is 0 Å². The highest BCUT2D eigenvalue weighted by Crippen LogP contribution is 2.21. The third-order valence-corrected chi connectivity index (χ3v) is 3.83. The largest absolute Gasteiger partial charge is 0.376 e. The van der Waals surface area contributed by atoms with Crippen LogP contribution in [-0.4, -0.2) is 55.3 Å². The molecule has 1 rings (SSSR count). The van der Waals surface area contributed by atoms with Crippen molar-refractivity contribution >= 4 is 11.8 Å². The molecule has 2 atom stereocenters. The molecule has 84 valence electrons. The van der Waals surface area contributed by atoms with Crippen LogP contribution in [0.25, 0.3) is 0 Å². The number of hydrogen-bond acceptors (Lipinski definition) is 4. The molecule has 0 saturated carbocycles. The molecule has 0 aliphatic carbocycles. The Bertz CT molecular complexity index is 151. The van der Waals surface area contributed by atoms with Gasteiger partial charge in [-0.1, -0.05) is 0 Å². The predicted molar refractivity (Wildman–Crippen MR) is 62.8 cm³/mol. The standard InChI is InChI=1S/C10H22N2OS/c1-3-13-10(6-11)7-12(2)9-4-5-14-8-9/h9-10H,3-8,11H2,1-2H3. The fourth-order valence-corrected chi connectivity index (χ4v) is 3.07. The number of likely N-dealkylation sites (N-methyl/N-ethyl adjacent to an activating group) is 1. The van der Waals surface area contributed by atoms with Crippen LogP contribution in [0.2, 0.25) is 0 Å². The molecule has 0 bridgehead atoms. The van der Waals surface area contributed by atoms with Crippen LogP contribution in [0.4, 0.5) is 0 Å². The zero-order chi connectivity index (χ0) is 10.4. The summed E-state index contributed by atoms with van der Waals surface area (Å²) < 4.78 is 5.55. The molecule has 0 amide bonds. The fraction of sp³-hybridized carbons (Fsp3) is 1.00. The maximum Gasteiger partial charge on any atom is 0.0823 e. The molecule has 2 unspecified atom stereocenters. The Kier molecular flexibility index (Phi) is 5.86. The van der Waals surface area contributed by atoms with Crippen LogP contribution in [0.5, 0.6) is 0 Å². The lowest BCUT2D eigenvalue weighted by molar-refractivity contribution is 0.0379. The van der Waals surface area contributed by atoms with E-state index in [1.807, 2.05) is 18.7 Å². The second-order valence-electron chi connectivity index (χ2n) is 3.77. The Morgan fingerprint density at radius 1 is 1.64 bits per heavy atom. The Balaban J connectivity index is 2.25. The second-order valence-corrected chi connectivity index (χ2v) is 4.92. The van der Waals surface area contributed by atoms with Crippen LogP contribution in [-0.2, 0) is 4.74 Å². The van der Waals surface area contributed by atoms with Crippen molar-refractivity contribution in [3.8, 4) is 0 Å². The van der Waals surface area contributed by atoms with Crippen molar-refractivity contribution in [2.75, 3.05) is 38.2 Å². The molecule has 1 aliphatic rings. The average molecular weight is 218 g/mol. The monoisotopic (exact) mass is 218 g/mol. The minimum atomic E-state index is 0.204. The summed E-state index contributed by atoms with van der Waals surface area (Å²) in [6, 6.07) is 0.731. The average Bonchev–Trinajstić information content (AvgIpc) is 2.69. The van der Waals surface area contributed by atoms with Gasteiger partial charge in [0, 0.05) is 31.5 Å². The predicted octanol–water partition coefficient (Wildman–Crippen LogP) is 0.788. The van der Waals surface area contributed by atoms with Crippen LogP contribution in [0.1, 0.15) is 13.3 Å². The van der Waals surface area contributed by atoms with Gasteiger partial charge in [0.2, 0.25) is 0 Å². The summed E-state index contributed by atoms with van der Waals surface area (Å²) in [7, 11) is 2.18. The maximum absolute atomic E-state index is 5.65. The first kappa shape index (κ1) is 12.3. The summed E-state index contributed by atoms with van der Waals surface area (Å²) in [5.41, 5.74) is 5.65. The van der Waals surface area contributed by atoms with Gasteiger partial charge in [-0.25, -0.2) is 0 Å². The van der Waals surface area contributed by atoms with Gasteiger partial charge in [0.05, 0.1) is 6.10 Å². The van der Waals surface area contributed by atoms with Crippen molar-refractivity contribution in [1.82, 2.24) is 4.90 Å². The van der Waals surface area contributed by atoms with Crippen molar-refractivity contribution in [2.45, 2.75) is 25.5 Å². The normalized spacial score (nSPS) is 24.4. The first-order chi connectivity index (χ1) is 6.77. The van der Waals surface area contributed by atoms with E-state index in [1.165, 1.54) is 17.9 Å². The first-order valence-electron chi connectivity index (χ1n) is 5.37. The molecule has 2 N–H and O–H groups in total. The number of nitrogens with zero attached hydrogens (tertiary/aromatic N) is 1. The molecule has 0 aromatic heterocycles. The third-order valence-electron chi connectivity index (χ3n) is 2.69. The van der Waals surface area contributed by atoms with Gasteiger partial charge in [-0.05, 0) is 26.1 Å². The molecule has 0 radical (unpaired) electrons. The summed E-state index contributed by atoms with van der Waals surface area (Å²) in [4.78, 5) is 2.40. The zero-order valence-corrected chi connectivity index (χ0v) is 10.1. The van der Waals surface area contributed by atoms with Gasteiger partial charge in [0.1, 0.15) is 0 Å². The van der Waals surface area contributed by atoms with Gasteiger partial charge in [0.25, 0.3) is 0 Å². The SMILES string of the molecule is CCOC(CN)CN(C)C1CCSC1. The van der Waals surface area contributed by atoms with Gasteiger partial charge >= 0.3 is 0 Å². The summed E-state index contributed by atoms with van der Waals surface area (Å²) >= 11 is 2.04. The molecule has 0 spiro atoms. The molecular formula is C10H22N2OS. The molecule has 1 fully saturated rings. The van der Waals surface area contributed by atoms with E-state index in [2.05, 4.69) is 11.9 Å². The third kappa shape index (κ3) is 3.77. The lowest BCUT2D eigenvalue weighted by Crippen LogP contribution is -2.41. The topological polar surface area (TPSA) is 38.5 Å². The summed E-state index contributed by atoms with van der Waals surface area (Å²) in [5, 5.41) is 0. The van der Waals surface area contributed by atoms with Gasteiger partial charge < -0.3 is 10.5 Å². The van der Waals surface area contributed by atoms with Gasteiger partial charge in [-0.15, -0.1) is 0 Å². The molecule has 0 aromatic carbocycles. The van der Waals surface area contributed by atoms with E-state index >= 15 is 0 Å². The quantitative estimate of drug-likeness (QED) is 0.715. The minimum Gasteiger partial charge on any atom is -0.376 e. The summed E-state index contributed by atoms with van der Waals surface area (Å²) in [5.74, 6) is 2.57. The lowest BCUT2D eigenvalue weighted by Gasteiger charge is -2.27. The Morgan fingerprint density at radius 3 is 2.93 bits per heavy atom. The highest BCUT2D eigenvalue weighted by atomic mass is 32.2. The van der Waals surface area contributed by atoms with Crippen molar-refractivity contribution in [2.24, 2.45) is 5.73 Å². The van der Waals surface area contributed by atoms with E-state index < -0.39 is 0 Å². The molecule has 4 heteroatoms.